The summed E-state index contributed by atoms with van der Waals surface area (Å²) < 4.78 is 10.0. The summed E-state index contributed by atoms with van der Waals surface area (Å²) in [5, 5.41) is 20.3. The second-order valence-corrected chi connectivity index (χ2v) is 6.73. The number of hydrogen-bond acceptors (Lipinski definition) is 8. The molecule has 0 bridgehead atoms. The van der Waals surface area contributed by atoms with E-state index in [2.05, 4.69) is 6.07 Å². The highest BCUT2D eigenvalue weighted by Crippen LogP contribution is 2.22. The Labute approximate surface area is 185 Å². The van der Waals surface area contributed by atoms with Crippen LogP contribution < -0.4 is 4.90 Å². The van der Waals surface area contributed by atoms with Crippen molar-refractivity contribution in [2.45, 2.75) is 13.8 Å². The molecule has 9 heteroatoms. The molecule has 0 aliphatic carbocycles. The van der Waals surface area contributed by atoms with E-state index >= 15 is 0 Å². The molecule has 0 amide bonds. The Hall–Kier alpha value is -4.19. The molecular formula is C23H23N3O6. The second-order valence-electron chi connectivity index (χ2n) is 6.73. The van der Waals surface area contributed by atoms with Crippen molar-refractivity contribution in [3.63, 3.8) is 0 Å². The van der Waals surface area contributed by atoms with Crippen molar-refractivity contribution < 1.29 is 24.0 Å². The number of nitrogens with zero attached hydrogens (tertiary/aromatic N) is 3. The van der Waals surface area contributed by atoms with Gasteiger partial charge in [0.15, 0.2) is 0 Å². The molecule has 2 aromatic rings. The largest absolute Gasteiger partial charge is 0.464 e. The van der Waals surface area contributed by atoms with Crippen LogP contribution in [0, 0.1) is 21.4 Å². The Bertz CT molecular complexity index is 1000. The maximum absolute atomic E-state index is 11.0. The minimum absolute atomic E-state index is 0.0435. The number of carbonyl (C=O) groups excluding carboxylic acids is 2. The second kappa shape index (κ2) is 11.9. The molecule has 0 aromatic heterocycles. The van der Waals surface area contributed by atoms with Gasteiger partial charge in [-0.1, -0.05) is 12.1 Å². The van der Waals surface area contributed by atoms with Gasteiger partial charge in [-0.15, -0.1) is 0 Å². The van der Waals surface area contributed by atoms with E-state index in [9.17, 15) is 25.0 Å². The average molecular weight is 437 g/mol. The molecule has 0 aliphatic heterocycles. The Balaban J connectivity index is 2.17. The van der Waals surface area contributed by atoms with Crippen molar-refractivity contribution >= 4 is 35.0 Å². The van der Waals surface area contributed by atoms with Gasteiger partial charge >= 0.3 is 11.9 Å². The average Bonchev–Trinajstić information content (AvgIpc) is 2.76. The SMILES string of the molecule is CC(=O)OCCN(CCOC(C)=O)c1ccc(/C=C(\C#N)c2ccc([N+](=O)[O-])cc2)cc1. The number of nitriles is 1. The molecule has 0 saturated carbocycles. The first-order valence-electron chi connectivity index (χ1n) is 9.78. The molecule has 0 N–H and O–H groups in total. The first kappa shape index (κ1) is 24.1. The Morgan fingerprint density at radius 2 is 1.53 bits per heavy atom. The molecule has 32 heavy (non-hydrogen) atoms. The van der Waals surface area contributed by atoms with Crippen LogP contribution in [0.2, 0.25) is 0 Å². The van der Waals surface area contributed by atoms with Gasteiger partial charge in [0.1, 0.15) is 13.2 Å². The number of benzene rings is 2. The van der Waals surface area contributed by atoms with Gasteiger partial charge in [0.25, 0.3) is 5.69 Å². The van der Waals surface area contributed by atoms with Crippen LogP contribution in [0.1, 0.15) is 25.0 Å². The molecule has 0 atom stereocenters. The lowest BCUT2D eigenvalue weighted by atomic mass is 10.0. The lowest BCUT2D eigenvalue weighted by Gasteiger charge is -2.24. The van der Waals surface area contributed by atoms with Crippen LogP contribution in [0.5, 0.6) is 0 Å². The zero-order chi connectivity index (χ0) is 23.5. The summed E-state index contributed by atoms with van der Waals surface area (Å²) in [4.78, 5) is 34.3. The number of allylic oxidation sites excluding steroid dienone is 1. The van der Waals surface area contributed by atoms with Crippen LogP contribution in [0.25, 0.3) is 11.6 Å². The monoisotopic (exact) mass is 437 g/mol. The van der Waals surface area contributed by atoms with Gasteiger partial charge in [0.05, 0.1) is 29.7 Å². The molecule has 9 nitrogen and oxygen atoms in total. The minimum Gasteiger partial charge on any atom is -0.464 e. The van der Waals surface area contributed by atoms with Gasteiger partial charge in [-0.25, -0.2) is 0 Å². The van der Waals surface area contributed by atoms with Crippen molar-refractivity contribution in [2.24, 2.45) is 0 Å². The van der Waals surface area contributed by atoms with Crippen molar-refractivity contribution in [1.29, 1.82) is 5.26 Å². The third-order valence-corrected chi connectivity index (χ3v) is 4.41. The van der Waals surface area contributed by atoms with Crippen molar-refractivity contribution in [2.75, 3.05) is 31.2 Å². The van der Waals surface area contributed by atoms with Crippen molar-refractivity contribution in [3.8, 4) is 6.07 Å². The number of rotatable bonds is 10. The standard InChI is InChI=1S/C23H23N3O6/c1-17(27)31-13-11-25(12-14-32-18(2)28)22-7-3-19(4-8-22)15-21(16-24)20-5-9-23(10-6-20)26(29)30/h3-10,15H,11-14H2,1-2H3/b21-15+. The van der Waals surface area contributed by atoms with E-state index in [-0.39, 0.29) is 30.8 Å². The fourth-order valence-corrected chi connectivity index (χ4v) is 2.86. The predicted molar refractivity (Wildman–Crippen MR) is 119 cm³/mol. The quantitative estimate of drug-likeness (QED) is 0.182. The summed E-state index contributed by atoms with van der Waals surface area (Å²) in [6.07, 6.45) is 1.69. The first-order valence-corrected chi connectivity index (χ1v) is 9.78. The summed E-state index contributed by atoms with van der Waals surface area (Å²) in [6.45, 7) is 3.89. The van der Waals surface area contributed by atoms with E-state index in [1.807, 2.05) is 29.2 Å². The molecule has 2 rings (SSSR count). The summed E-state index contributed by atoms with van der Waals surface area (Å²) in [6, 6.07) is 15.2. The number of hydrogen-bond donors (Lipinski definition) is 0. The number of nitro groups is 1. The molecule has 0 radical (unpaired) electrons. The Kier molecular flexibility index (Phi) is 8.92. The number of ether oxygens (including phenoxy) is 2. The zero-order valence-corrected chi connectivity index (χ0v) is 17.8. The summed E-state index contributed by atoms with van der Waals surface area (Å²) in [5.41, 5.74) is 2.50. The molecule has 0 spiro atoms. The van der Waals surface area contributed by atoms with Crippen LogP contribution in [0.4, 0.5) is 11.4 Å². The topological polar surface area (TPSA) is 123 Å². The van der Waals surface area contributed by atoms with Gasteiger partial charge in [0, 0.05) is 31.7 Å². The highest BCUT2D eigenvalue weighted by molar-refractivity contribution is 5.89. The number of carbonyl (C=O) groups is 2. The molecule has 166 valence electrons. The van der Waals surface area contributed by atoms with Crippen molar-refractivity contribution in [3.05, 3.63) is 69.8 Å². The third-order valence-electron chi connectivity index (χ3n) is 4.41. The lowest BCUT2D eigenvalue weighted by Crippen LogP contribution is -2.31. The Morgan fingerprint density at radius 1 is 1.00 bits per heavy atom. The predicted octanol–water partition coefficient (Wildman–Crippen LogP) is 3.59. The molecule has 2 aromatic carbocycles. The van der Waals surface area contributed by atoms with Gasteiger partial charge < -0.3 is 14.4 Å². The van der Waals surface area contributed by atoms with Gasteiger partial charge in [0.2, 0.25) is 0 Å². The van der Waals surface area contributed by atoms with E-state index in [0.29, 0.717) is 24.2 Å². The van der Waals surface area contributed by atoms with E-state index in [1.54, 1.807) is 6.08 Å². The fraction of sp³-hybridized carbons (Fsp3) is 0.261. The minimum atomic E-state index is -0.493. The fourth-order valence-electron chi connectivity index (χ4n) is 2.86. The zero-order valence-electron chi connectivity index (χ0n) is 17.8. The molecule has 0 aliphatic rings. The first-order chi connectivity index (χ1) is 15.3. The normalized spacial score (nSPS) is 10.7. The number of esters is 2. The van der Waals surface area contributed by atoms with Crippen molar-refractivity contribution in [1.82, 2.24) is 0 Å². The van der Waals surface area contributed by atoms with Gasteiger partial charge in [-0.3, -0.25) is 19.7 Å². The van der Waals surface area contributed by atoms with Crippen LogP contribution in [0.15, 0.2) is 48.5 Å². The van der Waals surface area contributed by atoms with E-state index in [4.69, 9.17) is 9.47 Å². The van der Waals surface area contributed by atoms with E-state index in [1.165, 1.54) is 38.1 Å². The van der Waals surface area contributed by atoms with Gasteiger partial charge in [-0.2, -0.15) is 5.26 Å². The maximum atomic E-state index is 11.0. The number of non-ortho nitro benzene ring substituents is 1. The number of anilines is 1. The highest BCUT2D eigenvalue weighted by atomic mass is 16.6. The molecule has 0 heterocycles. The van der Waals surface area contributed by atoms with E-state index < -0.39 is 4.92 Å². The van der Waals surface area contributed by atoms with E-state index in [0.717, 1.165) is 11.3 Å². The smallest absolute Gasteiger partial charge is 0.302 e. The van der Waals surface area contributed by atoms with Crippen LogP contribution >= 0.6 is 0 Å². The van der Waals surface area contributed by atoms with Crippen LogP contribution in [0.3, 0.4) is 0 Å². The molecule has 0 unspecified atom stereocenters. The molecule has 0 fully saturated rings. The molecule has 0 saturated heterocycles. The van der Waals surface area contributed by atoms with Crippen LogP contribution in [-0.2, 0) is 19.1 Å². The summed E-state index contributed by atoms with van der Waals surface area (Å²) in [7, 11) is 0. The lowest BCUT2D eigenvalue weighted by molar-refractivity contribution is -0.384. The number of nitro benzene ring substituents is 1. The summed E-state index contributed by atoms with van der Waals surface area (Å²) >= 11 is 0. The molecular weight excluding hydrogens is 414 g/mol. The Morgan fingerprint density at radius 3 is 1.97 bits per heavy atom. The maximum Gasteiger partial charge on any atom is 0.302 e. The van der Waals surface area contributed by atoms with Crippen LogP contribution in [-0.4, -0.2) is 43.2 Å². The highest BCUT2D eigenvalue weighted by Gasteiger charge is 2.10. The summed E-state index contributed by atoms with van der Waals surface area (Å²) in [5.74, 6) is -0.749. The van der Waals surface area contributed by atoms with Gasteiger partial charge in [-0.05, 0) is 41.5 Å². The third kappa shape index (κ3) is 7.57.